The number of esters is 2. The fraction of sp³-hybridized carbons (Fsp3) is 0.800. The molecule has 0 unspecified atom stereocenters. The molecule has 0 heterocycles. The van der Waals surface area contributed by atoms with Crippen LogP contribution in [-0.4, -0.2) is 36.9 Å². The summed E-state index contributed by atoms with van der Waals surface area (Å²) in [5, 5.41) is 8.04. The quantitative estimate of drug-likeness (QED) is 0.696. The first-order chi connectivity index (χ1) is 7.08. The largest absolute Gasteiger partial charge is 0.466 e. The van der Waals surface area contributed by atoms with Gasteiger partial charge in [-0.3, -0.25) is 9.59 Å². The third-order valence-corrected chi connectivity index (χ3v) is 1.16. The molecular weight excluding hydrogens is 200 g/mol. The van der Waals surface area contributed by atoms with Gasteiger partial charge >= 0.3 is 11.9 Å². The Labute approximate surface area is 90.4 Å². The lowest BCUT2D eigenvalue weighted by Crippen LogP contribution is -2.03. The second-order valence-corrected chi connectivity index (χ2v) is 2.62. The fourth-order valence-corrected chi connectivity index (χ4v) is 0.627. The monoisotopic (exact) mass is 220 g/mol. The Bertz CT molecular complexity index is 159. The summed E-state index contributed by atoms with van der Waals surface area (Å²) < 4.78 is 8.95. The Hall–Kier alpha value is -1.10. The molecule has 0 bridgehead atoms. The lowest BCUT2D eigenvalue weighted by Gasteiger charge is -1.96. The van der Waals surface area contributed by atoms with Crippen molar-refractivity contribution in [2.45, 2.75) is 33.6 Å². The van der Waals surface area contributed by atoms with Gasteiger partial charge < -0.3 is 14.6 Å². The minimum Gasteiger partial charge on any atom is -0.466 e. The molecule has 0 atom stereocenters. The van der Waals surface area contributed by atoms with Crippen molar-refractivity contribution >= 4 is 11.9 Å². The van der Waals surface area contributed by atoms with Crippen molar-refractivity contribution in [1.82, 2.24) is 0 Å². The predicted molar refractivity (Wildman–Crippen MR) is 55.3 cm³/mol. The molecule has 0 saturated heterocycles. The normalized spacial score (nSPS) is 8.53. The maximum Gasteiger partial charge on any atom is 0.305 e. The molecule has 15 heavy (non-hydrogen) atoms. The first-order valence-electron chi connectivity index (χ1n) is 4.98. The van der Waals surface area contributed by atoms with Crippen LogP contribution >= 0.6 is 0 Å². The maximum atomic E-state index is 10.4. The number of carbonyl (C=O) groups excluding carboxylic acids is 2. The molecular formula is C10H20O5. The number of carbonyl (C=O) groups is 2. The van der Waals surface area contributed by atoms with Gasteiger partial charge in [-0.15, -0.1) is 0 Å². The molecule has 0 aromatic rings. The van der Waals surface area contributed by atoms with Crippen molar-refractivity contribution in [2.24, 2.45) is 0 Å². The second-order valence-electron chi connectivity index (χ2n) is 2.62. The van der Waals surface area contributed by atoms with Gasteiger partial charge in [0.25, 0.3) is 0 Å². The van der Waals surface area contributed by atoms with Gasteiger partial charge in [0, 0.05) is 13.3 Å². The fourth-order valence-electron chi connectivity index (χ4n) is 0.627. The van der Waals surface area contributed by atoms with Crippen molar-refractivity contribution in [2.75, 3.05) is 19.8 Å². The molecule has 0 rings (SSSR count). The molecule has 0 spiro atoms. The van der Waals surface area contributed by atoms with Crippen molar-refractivity contribution in [1.29, 1.82) is 0 Å². The van der Waals surface area contributed by atoms with Crippen molar-refractivity contribution in [3.8, 4) is 0 Å². The van der Waals surface area contributed by atoms with Gasteiger partial charge in [0.05, 0.1) is 13.2 Å². The predicted octanol–water partition coefficient (Wildman–Crippen LogP) is 0.891. The van der Waals surface area contributed by atoms with Crippen LogP contribution in [0.1, 0.15) is 33.6 Å². The summed E-state index contributed by atoms with van der Waals surface area (Å²) in [7, 11) is 0. The highest BCUT2D eigenvalue weighted by Gasteiger charge is 1.95. The van der Waals surface area contributed by atoms with Crippen LogP contribution in [0.3, 0.4) is 0 Å². The number of ether oxygens (including phenoxy) is 2. The first-order valence-corrected chi connectivity index (χ1v) is 4.98. The van der Waals surface area contributed by atoms with Crippen molar-refractivity contribution < 1.29 is 24.2 Å². The van der Waals surface area contributed by atoms with Gasteiger partial charge in [0.15, 0.2) is 0 Å². The first kappa shape index (κ1) is 16.3. The van der Waals surface area contributed by atoms with E-state index in [9.17, 15) is 9.59 Å². The third kappa shape index (κ3) is 19.3. The molecule has 0 fully saturated rings. The molecule has 0 amide bonds. The molecule has 90 valence electrons. The minimum atomic E-state index is -0.353. The van der Waals surface area contributed by atoms with E-state index in [-0.39, 0.29) is 25.2 Å². The standard InChI is InChI=1S/C6H12O2.C4H8O3/c1-3-5-6(7)8-4-2;1-4(6)7-3-2-5/h3-5H2,1-2H3;5H,2-3H2,1H3. The number of hydrogen-bond donors (Lipinski definition) is 1. The molecule has 0 aliphatic carbocycles. The van der Waals surface area contributed by atoms with E-state index in [2.05, 4.69) is 9.47 Å². The molecule has 0 aliphatic heterocycles. The topological polar surface area (TPSA) is 72.8 Å². The molecule has 0 saturated carbocycles. The average molecular weight is 220 g/mol. The third-order valence-electron chi connectivity index (χ3n) is 1.16. The van der Waals surface area contributed by atoms with Crippen LogP contribution in [0.4, 0.5) is 0 Å². The van der Waals surface area contributed by atoms with Crippen LogP contribution in [0, 0.1) is 0 Å². The Balaban J connectivity index is 0. The maximum absolute atomic E-state index is 10.4. The SMILES string of the molecule is CC(=O)OCCO.CCCC(=O)OCC. The van der Waals surface area contributed by atoms with E-state index in [1.165, 1.54) is 6.92 Å². The van der Waals surface area contributed by atoms with E-state index in [0.29, 0.717) is 13.0 Å². The van der Waals surface area contributed by atoms with E-state index in [4.69, 9.17) is 5.11 Å². The molecule has 0 aromatic heterocycles. The van der Waals surface area contributed by atoms with Gasteiger partial charge in [-0.1, -0.05) is 6.92 Å². The van der Waals surface area contributed by atoms with Crippen LogP contribution in [0.15, 0.2) is 0 Å². The summed E-state index contributed by atoms with van der Waals surface area (Å²) in [5.41, 5.74) is 0. The van der Waals surface area contributed by atoms with Gasteiger partial charge in [0.1, 0.15) is 6.61 Å². The van der Waals surface area contributed by atoms with Crippen LogP contribution in [-0.2, 0) is 19.1 Å². The highest BCUT2D eigenvalue weighted by atomic mass is 16.5. The zero-order chi connectivity index (χ0) is 12.1. The minimum absolute atomic E-state index is 0.0880. The van der Waals surface area contributed by atoms with E-state index in [1.54, 1.807) is 0 Å². The number of aliphatic hydroxyl groups excluding tert-OH is 1. The van der Waals surface area contributed by atoms with Crippen molar-refractivity contribution in [3.05, 3.63) is 0 Å². The van der Waals surface area contributed by atoms with Crippen LogP contribution in [0.5, 0.6) is 0 Å². The highest BCUT2D eigenvalue weighted by molar-refractivity contribution is 5.69. The van der Waals surface area contributed by atoms with Gasteiger partial charge in [-0.05, 0) is 13.3 Å². The zero-order valence-corrected chi connectivity index (χ0v) is 9.62. The van der Waals surface area contributed by atoms with E-state index in [0.717, 1.165) is 6.42 Å². The van der Waals surface area contributed by atoms with Gasteiger partial charge in [0.2, 0.25) is 0 Å². The van der Waals surface area contributed by atoms with Crippen LogP contribution < -0.4 is 0 Å². The van der Waals surface area contributed by atoms with Gasteiger partial charge in [-0.25, -0.2) is 0 Å². The van der Waals surface area contributed by atoms with Gasteiger partial charge in [-0.2, -0.15) is 0 Å². The number of aliphatic hydroxyl groups is 1. The molecule has 5 nitrogen and oxygen atoms in total. The van der Waals surface area contributed by atoms with E-state index < -0.39 is 0 Å². The summed E-state index contributed by atoms with van der Waals surface area (Å²) in [6, 6.07) is 0. The van der Waals surface area contributed by atoms with E-state index in [1.807, 2.05) is 13.8 Å². The van der Waals surface area contributed by atoms with Crippen molar-refractivity contribution in [3.63, 3.8) is 0 Å². The summed E-state index contributed by atoms with van der Waals surface area (Å²) in [6.45, 7) is 5.58. The molecule has 0 aromatic carbocycles. The summed E-state index contributed by atoms with van der Waals surface area (Å²) in [4.78, 5) is 20.3. The highest BCUT2D eigenvalue weighted by Crippen LogP contribution is 1.89. The van der Waals surface area contributed by atoms with Crippen LogP contribution in [0.25, 0.3) is 0 Å². The Morgan fingerprint density at radius 2 is 1.80 bits per heavy atom. The van der Waals surface area contributed by atoms with E-state index >= 15 is 0 Å². The molecule has 0 aliphatic rings. The Kier molecular flexibility index (Phi) is 14.0. The smallest absolute Gasteiger partial charge is 0.305 e. The number of hydrogen-bond acceptors (Lipinski definition) is 5. The Morgan fingerprint density at radius 1 is 1.20 bits per heavy atom. The summed E-state index contributed by atoms with van der Waals surface area (Å²) >= 11 is 0. The Morgan fingerprint density at radius 3 is 2.07 bits per heavy atom. The summed E-state index contributed by atoms with van der Waals surface area (Å²) in [5.74, 6) is -0.441. The zero-order valence-electron chi connectivity index (χ0n) is 9.62. The second kappa shape index (κ2) is 12.9. The van der Waals surface area contributed by atoms with Crippen LogP contribution in [0.2, 0.25) is 0 Å². The molecule has 5 heteroatoms. The molecule has 0 radical (unpaired) electrons. The number of rotatable bonds is 5. The lowest BCUT2D eigenvalue weighted by molar-refractivity contribution is -0.143. The average Bonchev–Trinajstić information content (AvgIpc) is 2.16. The lowest BCUT2D eigenvalue weighted by atomic mass is 10.3. The summed E-state index contributed by atoms with van der Waals surface area (Å²) in [6.07, 6.45) is 1.42. The molecule has 1 N–H and O–H groups in total.